The molecule has 2 amide bonds. The fourth-order valence-corrected chi connectivity index (χ4v) is 3.15. The Bertz CT molecular complexity index is 485. The van der Waals surface area contributed by atoms with Crippen LogP contribution in [0.2, 0.25) is 0 Å². The van der Waals surface area contributed by atoms with Crippen molar-refractivity contribution in [2.24, 2.45) is 0 Å². The van der Waals surface area contributed by atoms with Gasteiger partial charge in [-0.1, -0.05) is 0 Å². The van der Waals surface area contributed by atoms with Crippen LogP contribution < -0.4 is 10.6 Å². The van der Waals surface area contributed by atoms with Crippen LogP contribution in [0.4, 0.5) is 4.79 Å². The Morgan fingerprint density at radius 1 is 1.58 bits per heavy atom. The molecule has 1 fully saturated rings. The molecule has 1 unspecified atom stereocenters. The fraction of sp³-hybridized carbons (Fsp3) is 0.455. The Morgan fingerprint density at radius 2 is 2.37 bits per heavy atom. The van der Waals surface area contributed by atoms with E-state index in [2.05, 4.69) is 26.6 Å². The van der Waals surface area contributed by atoms with Crippen molar-refractivity contribution in [3.8, 4) is 0 Å². The van der Waals surface area contributed by atoms with Gasteiger partial charge in [-0.3, -0.25) is 0 Å². The molecule has 1 aromatic rings. The normalized spacial score (nSPS) is 22.2. The van der Waals surface area contributed by atoms with Gasteiger partial charge >= 0.3 is 12.0 Å². The maximum atomic E-state index is 11.7. The highest BCUT2D eigenvalue weighted by molar-refractivity contribution is 9.10. The molecule has 0 bridgehead atoms. The van der Waals surface area contributed by atoms with Crippen LogP contribution in [0.25, 0.3) is 0 Å². The number of amides is 2. The number of carboxylic acid groups (broad SMARTS) is 1. The van der Waals surface area contributed by atoms with Gasteiger partial charge in [-0.25, -0.2) is 9.59 Å². The summed E-state index contributed by atoms with van der Waals surface area (Å²) in [7, 11) is 0. The number of carbonyl (C=O) groups is 2. The van der Waals surface area contributed by atoms with Gasteiger partial charge in [-0.2, -0.15) is 0 Å². The van der Waals surface area contributed by atoms with Gasteiger partial charge in [0.25, 0.3) is 0 Å². The minimum Gasteiger partial charge on any atom is -0.479 e. The molecule has 2 heterocycles. The molecule has 104 valence electrons. The van der Waals surface area contributed by atoms with Gasteiger partial charge in [-0.15, -0.1) is 11.3 Å². The van der Waals surface area contributed by atoms with E-state index in [9.17, 15) is 14.7 Å². The molecule has 0 aromatic carbocycles. The molecular formula is C11H13BrN2O4S. The summed E-state index contributed by atoms with van der Waals surface area (Å²) in [5, 5.41) is 16.2. The van der Waals surface area contributed by atoms with Crippen molar-refractivity contribution in [1.29, 1.82) is 0 Å². The van der Waals surface area contributed by atoms with Crippen molar-refractivity contribution in [3.05, 3.63) is 20.8 Å². The van der Waals surface area contributed by atoms with Crippen LogP contribution in [0.5, 0.6) is 0 Å². The molecule has 6 nitrogen and oxygen atoms in total. The molecule has 1 saturated heterocycles. The Morgan fingerprint density at radius 3 is 2.89 bits per heavy atom. The maximum absolute atomic E-state index is 11.7. The summed E-state index contributed by atoms with van der Waals surface area (Å²) in [5.74, 6) is -1.07. The van der Waals surface area contributed by atoms with Gasteiger partial charge in [0.2, 0.25) is 0 Å². The molecule has 1 aliphatic rings. The first-order valence-corrected chi connectivity index (χ1v) is 7.29. The zero-order valence-electron chi connectivity index (χ0n) is 9.94. The van der Waals surface area contributed by atoms with Crippen molar-refractivity contribution in [3.63, 3.8) is 0 Å². The summed E-state index contributed by atoms with van der Waals surface area (Å²) in [6.45, 7) is 0.698. The number of thiophene rings is 1. The minimum atomic E-state index is -1.31. The van der Waals surface area contributed by atoms with E-state index < -0.39 is 17.5 Å². The monoisotopic (exact) mass is 348 g/mol. The summed E-state index contributed by atoms with van der Waals surface area (Å²) in [6, 6.07) is 1.40. The Balaban J connectivity index is 1.88. The zero-order valence-corrected chi connectivity index (χ0v) is 12.3. The lowest BCUT2D eigenvalue weighted by Crippen LogP contribution is -2.57. The fourth-order valence-electron chi connectivity index (χ4n) is 1.76. The number of aliphatic carboxylic acids is 1. The van der Waals surface area contributed by atoms with Gasteiger partial charge in [0, 0.05) is 27.8 Å². The summed E-state index contributed by atoms with van der Waals surface area (Å²) >= 11 is 4.83. The number of urea groups is 1. The van der Waals surface area contributed by atoms with Crippen molar-refractivity contribution in [2.75, 3.05) is 13.2 Å². The van der Waals surface area contributed by atoms with Gasteiger partial charge in [-0.05, 0) is 22.0 Å². The highest BCUT2D eigenvalue weighted by atomic mass is 79.9. The molecule has 0 spiro atoms. The van der Waals surface area contributed by atoms with E-state index in [-0.39, 0.29) is 13.0 Å². The third kappa shape index (κ3) is 3.46. The first kappa shape index (κ1) is 14.3. The number of carboxylic acids is 1. The standard InChI is InChI=1S/C11H13BrN2O4S/c12-7-3-8(19-5-7)4-13-10(17)14-11(9(15)16)1-2-18-6-11/h3,5H,1-2,4,6H2,(H,15,16)(H2,13,14,17). The predicted molar refractivity (Wildman–Crippen MR) is 73.2 cm³/mol. The van der Waals surface area contributed by atoms with Crippen LogP contribution in [-0.4, -0.2) is 35.9 Å². The number of hydrogen-bond acceptors (Lipinski definition) is 4. The van der Waals surface area contributed by atoms with Crippen LogP contribution >= 0.6 is 27.3 Å². The summed E-state index contributed by atoms with van der Waals surface area (Å²) < 4.78 is 6.02. The second-order valence-electron chi connectivity index (χ2n) is 4.23. The van der Waals surface area contributed by atoms with Crippen LogP contribution in [0.3, 0.4) is 0 Å². The van der Waals surface area contributed by atoms with Gasteiger partial charge in [0.15, 0.2) is 5.54 Å². The van der Waals surface area contributed by atoms with E-state index in [1.165, 1.54) is 11.3 Å². The SMILES string of the molecule is O=C(NCc1cc(Br)cs1)NC1(C(=O)O)CCOC1. The van der Waals surface area contributed by atoms with Gasteiger partial charge in [0.05, 0.1) is 13.2 Å². The highest BCUT2D eigenvalue weighted by Gasteiger charge is 2.43. The first-order chi connectivity index (χ1) is 9.02. The molecule has 0 radical (unpaired) electrons. The second kappa shape index (κ2) is 5.89. The van der Waals surface area contributed by atoms with E-state index in [0.717, 1.165) is 9.35 Å². The first-order valence-electron chi connectivity index (χ1n) is 5.62. The highest BCUT2D eigenvalue weighted by Crippen LogP contribution is 2.20. The number of nitrogens with one attached hydrogen (secondary N) is 2. The zero-order chi connectivity index (χ0) is 13.9. The van der Waals surface area contributed by atoms with E-state index >= 15 is 0 Å². The lowest BCUT2D eigenvalue weighted by Gasteiger charge is -2.23. The van der Waals surface area contributed by atoms with Crippen LogP contribution in [0, 0.1) is 0 Å². The van der Waals surface area contributed by atoms with Crippen molar-refractivity contribution in [1.82, 2.24) is 10.6 Å². The molecule has 1 atom stereocenters. The lowest BCUT2D eigenvalue weighted by molar-refractivity contribution is -0.144. The topological polar surface area (TPSA) is 87.7 Å². The van der Waals surface area contributed by atoms with Crippen molar-refractivity contribution < 1.29 is 19.4 Å². The van der Waals surface area contributed by atoms with E-state index in [0.29, 0.717) is 13.2 Å². The molecule has 1 aromatic heterocycles. The van der Waals surface area contributed by atoms with Crippen LogP contribution in [0.15, 0.2) is 15.9 Å². The number of hydrogen-bond donors (Lipinski definition) is 3. The quantitative estimate of drug-likeness (QED) is 0.770. The summed E-state index contributed by atoms with van der Waals surface area (Å²) in [6.07, 6.45) is 0.278. The predicted octanol–water partition coefficient (Wildman–Crippen LogP) is 1.55. The average molecular weight is 349 g/mol. The lowest BCUT2D eigenvalue weighted by atomic mass is 9.99. The molecule has 3 N–H and O–H groups in total. The summed E-state index contributed by atoms with van der Waals surface area (Å²) in [4.78, 5) is 23.9. The van der Waals surface area contributed by atoms with E-state index in [1.54, 1.807) is 0 Å². The largest absolute Gasteiger partial charge is 0.479 e. The maximum Gasteiger partial charge on any atom is 0.332 e. The molecule has 19 heavy (non-hydrogen) atoms. The minimum absolute atomic E-state index is 0.000301. The van der Waals surface area contributed by atoms with Crippen LogP contribution in [-0.2, 0) is 16.1 Å². The smallest absolute Gasteiger partial charge is 0.332 e. The number of rotatable bonds is 4. The van der Waals surface area contributed by atoms with Crippen molar-refractivity contribution >= 4 is 39.3 Å². The second-order valence-corrected chi connectivity index (χ2v) is 6.14. The molecule has 0 saturated carbocycles. The Labute approximate surface area is 122 Å². The molecular weight excluding hydrogens is 336 g/mol. The molecule has 2 rings (SSSR count). The average Bonchev–Trinajstić information content (AvgIpc) is 2.97. The van der Waals surface area contributed by atoms with E-state index in [1.807, 2.05) is 11.4 Å². The van der Waals surface area contributed by atoms with Gasteiger partial charge in [0.1, 0.15) is 0 Å². The number of halogens is 1. The molecule has 0 aliphatic carbocycles. The molecule has 1 aliphatic heterocycles. The molecule has 8 heteroatoms. The summed E-state index contributed by atoms with van der Waals surface area (Å²) in [5.41, 5.74) is -1.31. The number of ether oxygens (including phenoxy) is 1. The number of carbonyl (C=O) groups excluding carboxylic acids is 1. The Kier molecular flexibility index (Phi) is 4.43. The van der Waals surface area contributed by atoms with E-state index in [4.69, 9.17) is 4.74 Å². The Hall–Kier alpha value is -1.12. The van der Waals surface area contributed by atoms with Crippen LogP contribution in [0.1, 0.15) is 11.3 Å². The third-order valence-corrected chi connectivity index (χ3v) is 4.53. The van der Waals surface area contributed by atoms with Gasteiger partial charge < -0.3 is 20.5 Å². The third-order valence-electron chi connectivity index (χ3n) is 2.83. The van der Waals surface area contributed by atoms with Crippen molar-refractivity contribution in [2.45, 2.75) is 18.5 Å².